The van der Waals surface area contributed by atoms with Gasteiger partial charge in [-0.05, 0) is 36.8 Å². The number of nitrogens with one attached hydrogen (secondary N) is 2. The molecule has 2 amide bonds. The van der Waals surface area contributed by atoms with E-state index in [1.165, 1.54) is 31.2 Å². The van der Waals surface area contributed by atoms with E-state index in [9.17, 15) is 19.2 Å². The smallest absolute Gasteiger partial charge is 0.339 e. The second-order valence-corrected chi connectivity index (χ2v) is 8.65. The number of para-hydroxylation sites is 3. The molecule has 0 saturated carbocycles. The van der Waals surface area contributed by atoms with Crippen molar-refractivity contribution in [1.29, 1.82) is 0 Å². The summed E-state index contributed by atoms with van der Waals surface area (Å²) >= 11 is 1.05. The highest BCUT2D eigenvalue weighted by molar-refractivity contribution is 7.20. The lowest BCUT2D eigenvalue weighted by atomic mass is 10.1. The van der Waals surface area contributed by atoms with Gasteiger partial charge in [0.15, 0.2) is 0 Å². The number of benzene rings is 2. The van der Waals surface area contributed by atoms with Crippen LogP contribution in [-0.2, 0) is 16.1 Å². The molecule has 0 radical (unpaired) electrons. The van der Waals surface area contributed by atoms with Crippen LogP contribution in [0.1, 0.15) is 25.6 Å². The zero-order valence-corrected chi connectivity index (χ0v) is 20.5. The second kappa shape index (κ2) is 10.4. The first kappa shape index (κ1) is 24.6. The van der Waals surface area contributed by atoms with E-state index >= 15 is 0 Å². The zero-order valence-electron chi connectivity index (χ0n) is 19.7. The van der Waals surface area contributed by atoms with Gasteiger partial charge in [0.2, 0.25) is 5.91 Å². The molecule has 0 saturated heterocycles. The second-order valence-electron chi connectivity index (χ2n) is 7.65. The molecule has 0 bridgehead atoms. The van der Waals surface area contributed by atoms with Crippen molar-refractivity contribution in [2.24, 2.45) is 0 Å². The number of methoxy groups -OCH3 is 2. The van der Waals surface area contributed by atoms with Crippen molar-refractivity contribution in [1.82, 2.24) is 9.55 Å². The Morgan fingerprint density at radius 2 is 1.69 bits per heavy atom. The predicted molar refractivity (Wildman–Crippen MR) is 136 cm³/mol. The molecule has 184 valence electrons. The number of fused-ring (bicyclic) bond motifs is 1. The monoisotopic (exact) mass is 506 g/mol. The maximum atomic E-state index is 13.2. The quantitative estimate of drug-likeness (QED) is 0.367. The Bertz CT molecular complexity index is 1540. The van der Waals surface area contributed by atoms with Gasteiger partial charge in [-0.3, -0.25) is 19.0 Å². The number of hydrogen-bond acceptors (Lipinski definition) is 8. The minimum atomic E-state index is -0.588. The molecule has 0 aliphatic rings. The summed E-state index contributed by atoms with van der Waals surface area (Å²) in [5.74, 6) is -1.03. The van der Waals surface area contributed by atoms with Gasteiger partial charge in [-0.2, -0.15) is 0 Å². The minimum absolute atomic E-state index is 0.202. The number of nitrogens with zero attached hydrogens (tertiary/aromatic N) is 2. The third-order valence-corrected chi connectivity index (χ3v) is 6.60. The Morgan fingerprint density at radius 3 is 2.42 bits per heavy atom. The summed E-state index contributed by atoms with van der Waals surface area (Å²) in [4.78, 5) is 55.7. The fourth-order valence-electron chi connectivity index (χ4n) is 3.64. The van der Waals surface area contributed by atoms with Crippen molar-refractivity contribution in [2.75, 3.05) is 24.9 Å². The van der Waals surface area contributed by atoms with E-state index in [2.05, 4.69) is 15.6 Å². The molecule has 0 aliphatic heterocycles. The van der Waals surface area contributed by atoms with Gasteiger partial charge >= 0.3 is 5.97 Å². The normalized spacial score (nSPS) is 10.6. The molecule has 10 nitrogen and oxygen atoms in total. The van der Waals surface area contributed by atoms with E-state index in [-0.39, 0.29) is 28.1 Å². The lowest BCUT2D eigenvalue weighted by Gasteiger charge is -2.10. The van der Waals surface area contributed by atoms with Crippen LogP contribution >= 0.6 is 11.3 Å². The number of hydrogen-bond donors (Lipinski definition) is 2. The average Bonchev–Trinajstić information content (AvgIpc) is 3.23. The molecule has 4 rings (SSSR count). The SMILES string of the molecule is COC(=O)c1ccccc1NC(=O)c1sc2ncn(CC(=O)Nc3ccccc3OC)c(=O)c2c1C. The van der Waals surface area contributed by atoms with E-state index in [0.717, 1.165) is 11.3 Å². The molecular weight excluding hydrogens is 484 g/mol. The van der Waals surface area contributed by atoms with Gasteiger partial charge in [-0.1, -0.05) is 24.3 Å². The lowest BCUT2D eigenvalue weighted by molar-refractivity contribution is -0.116. The van der Waals surface area contributed by atoms with E-state index in [0.29, 0.717) is 21.8 Å². The predicted octanol–water partition coefficient (Wildman–Crippen LogP) is 3.45. The van der Waals surface area contributed by atoms with Crippen molar-refractivity contribution < 1.29 is 23.9 Å². The number of aromatic nitrogens is 2. The fraction of sp³-hybridized carbons (Fsp3) is 0.160. The van der Waals surface area contributed by atoms with Crippen molar-refractivity contribution in [3.8, 4) is 5.75 Å². The van der Waals surface area contributed by atoms with Crippen molar-refractivity contribution >= 4 is 50.7 Å². The van der Waals surface area contributed by atoms with Crippen molar-refractivity contribution in [3.05, 3.63) is 81.2 Å². The van der Waals surface area contributed by atoms with Gasteiger partial charge in [0.05, 0.1) is 47.7 Å². The first-order valence-corrected chi connectivity index (χ1v) is 11.6. The third-order valence-electron chi connectivity index (χ3n) is 5.40. The average molecular weight is 507 g/mol. The van der Waals surface area contributed by atoms with E-state index in [4.69, 9.17) is 9.47 Å². The number of aryl methyl sites for hydroxylation is 1. The number of carbonyl (C=O) groups is 3. The van der Waals surface area contributed by atoms with Crippen LogP contribution in [0.4, 0.5) is 11.4 Å². The highest BCUT2D eigenvalue weighted by Gasteiger charge is 2.22. The van der Waals surface area contributed by atoms with Gasteiger partial charge < -0.3 is 20.1 Å². The fourth-order valence-corrected chi connectivity index (χ4v) is 4.67. The number of ether oxygens (including phenoxy) is 2. The Morgan fingerprint density at radius 1 is 1.00 bits per heavy atom. The third kappa shape index (κ3) is 4.82. The Hall–Kier alpha value is -4.51. The molecule has 2 aromatic carbocycles. The van der Waals surface area contributed by atoms with Crippen molar-refractivity contribution in [3.63, 3.8) is 0 Å². The van der Waals surface area contributed by atoms with E-state index in [1.54, 1.807) is 49.4 Å². The maximum Gasteiger partial charge on any atom is 0.339 e. The number of anilines is 2. The molecule has 0 aliphatic carbocycles. The number of carbonyl (C=O) groups excluding carboxylic acids is 3. The first-order valence-electron chi connectivity index (χ1n) is 10.7. The largest absolute Gasteiger partial charge is 0.495 e. The standard InChI is InChI=1S/C25H22N4O6S/c1-14-20-23(36-21(14)22(31)28-16-9-5-4-8-15(16)25(33)35-3)26-13-29(24(20)32)12-19(30)27-17-10-6-7-11-18(17)34-2/h4-11,13H,12H2,1-3H3,(H,27,30)(H,28,31). The summed E-state index contributed by atoms with van der Waals surface area (Å²) < 4.78 is 11.2. The minimum Gasteiger partial charge on any atom is -0.495 e. The summed E-state index contributed by atoms with van der Waals surface area (Å²) in [6.45, 7) is 1.37. The Balaban J connectivity index is 1.60. The zero-order chi connectivity index (χ0) is 25.8. The molecular formula is C25H22N4O6S. The topological polar surface area (TPSA) is 129 Å². The van der Waals surface area contributed by atoms with Crippen LogP contribution in [-0.4, -0.2) is 41.6 Å². The highest BCUT2D eigenvalue weighted by atomic mass is 32.1. The molecule has 2 aromatic heterocycles. The summed E-state index contributed by atoms with van der Waals surface area (Å²) in [7, 11) is 2.75. The first-order chi connectivity index (χ1) is 17.3. The Kier molecular flexibility index (Phi) is 7.11. The van der Waals surface area contributed by atoms with Gasteiger partial charge in [0, 0.05) is 0 Å². The van der Waals surface area contributed by atoms with E-state index < -0.39 is 23.3 Å². The molecule has 4 aromatic rings. The van der Waals surface area contributed by atoms with E-state index in [1.807, 2.05) is 0 Å². The lowest BCUT2D eigenvalue weighted by Crippen LogP contribution is -2.28. The maximum absolute atomic E-state index is 13.2. The molecule has 0 unspecified atom stereocenters. The molecule has 0 fully saturated rings. The van der Waals surface area contributed by atoms with Crippen LogP contribution < -0.4 is 20.9 Å². The number of amides is 2. The van der Waals surface area contributed by atoms with Gasteiger partial charge in [-0.15, -0.1) is 11.3 Å². The molecule has 0 atom stereocenters. The molecule has 2 N–H and O–H groups in total. The summed E-state index contributed by atoms with van der Waals surface area (Å²) in [5.41, 5.74) is 0.946. The van der Waals surface area contributed by atoms with Crippen molar-refractivity contribution in [2.45, 2.75) is 13.5 Å². The van der Waals surface area contributed by atoms with Crippen LogP contribution in [0, 0.1) is 6.92 Å². The molecule has 11 heteroatoms. The molecule has 2 heterocycles. The van der Waals surface area contributed by atoms with Gasteiger partial charge in [-0.25, -0.2) is 9.78 Å². The van der Waals surface area contributed by atoms with Gasteiger partial charge in [0.25, 0.3) is 11.5 Å². The molecule has 0 spiro atoms. The van der Waals surface area contributed by atoms with Crippen LogP contribution in [0.25, 0.3) is 10.2 Å². The summed E-state index contributed by atoms with van der Waals surface area (Å²) in [6, 6.07) is 13.4. The Labute approximate surface area is 209 Å². The van der Waals surface area contributed by atoms with Crippen LogP contribution in [0.15, 0.2) is 59.7 Å². The number of thiophene rings is 1. The number of rotatable bonds is 7. The number of esters is 1. The highest BCUT2D eigenvalue weighted by Crippen LogP contribution is 2.28. The summed E-state index contributed by atoms with van der Waals surface area (Å²) in [5, 5.41) is 5.67. The van der Waals surface area contributed by atoms with Crippen LogP contribution in [0.2, 0.25) is 0 Å². The van der Waals surface area contributed by atoms with Crippen LogP contribution in [0.5, 0.6) is 5.75 Å². The molecule has 36 heavy (non-hydrogen) atoms. The summed E-state index contributed by atoms with van der Waals surface area (Å²) in [6.07, 6.45) is 1.27. The van der Waals surface area contributed by atoms with Crippen LogP contribution in [0.3, 0.4) is 0 Å². The van der Waals surface area contributed by atoms with Gasteiger partial charge in [0.1, 0.15) is 17.1 Å².